The van der Waals surface area contributed by atoms with Gasteiger partial charge in [0.1, 0.15) is 5.82 Å². The van der Waals surface area contributed by atoms with Crippen molar-refractivity contribution in [1.82, 2.24) is 14.9 Å². The summed E-state index contributed by atoms with van der Waals surface area (Å²) in [5.74, 6) is 1.07. The quantitative estimate of drug-likeness (QED) is 0.788. The minimum Gasteiger partial charge on any atom is -0.330 e. The Morgan fingerprint density at radius 3 is 2.57 bits per heavy atom. The van der Waals surface area contributed by atoms with Crippen LogP contribution in [0.3, 0.4) is 0 Å². The van der Waals surface area contributed by atoms with Crippen LogP contribution >= 0.6 is 0 Å². The number of nitrogens with one attached hydrogen (secondary N) is 1. The van der Waals surface area contributed by atoms with Gasteiger partial charge in [-0.15, -0.1) is 0 Å². The second-order valence-electron chi connectivity index (χ2n) is 5.53. The highest BCUT2D eigenvalue weighted by atomic mass is 15.1. The predicted molar refractivity (Wildman–Crippen MR) is 87.1 cm³/mol. The van der Waals surface area contributed by atoms with Crippen molar-refractivity contribution >= 4 is 11.0 Å². The number of para-hydroxylation sites is 2. The largest absolute Gasteiger partial charge is 0.330 e. The van der Waals surface area contributed by atoms with Crippen LogP contribution in [0.2, 0.25) is 0 Å². The molecule has 0 aliphatic heterocycles. The van der Waals surface area contributed by atoms with Crippen LogP contribution in [-0.2, 0) is 13.6 Å². The molecule has 3 nitrogen and oxygen atoms in total. The maximum absolute atomic E-state index is 4.70. The summed E-state index contributed by atoms with van der Waals surface area (Å²) in [5.41, 5.74) is 4.90. The Labute approximate surface area is 125 Å². The molecule has 1 unspecified atom stereocenters. The van der Waals surface area contributed by atoms with Crippen molar-refractivity contribution in [1.29, 1.82) is 0 Å². The van der Waals surface area contributed by atoms with E-state index in [0.717, 1.165) is 17.9 Å². The third kappa shape index (κ3) is 2.69. The zero-order valence-corrected chi connectivity index (χ0v) is 12.8. The molecule has 0 aliphatic carbocycles. The second kappa shape index (κ2) is 5.70. The van der Waals surface area contributed by atoms with E-state index in [2.05, 4.69) is 73.2 Å². The van der Waals surface area contributed by atoms with Crippen molar-refractivity contribution in [2.45, 2.75) is 26.4 Å². The molecule has 0 saturated heterocycles. The first-order valence-corrected chi connectivity index (χ1v) is 7.36. The lowest BCUT2D eigenvalue weighted by atomic mass is 10.0. The minimum absolute atomic E-state index is 0.311. The van der Waals surface area contributed by atoms with E-state index in [4.69, 9.17) is 4.98 Å². The summed E-state index contributed by atoms with van der Waals surface area (Å²) < 4.78 is 2.16. The summed E-state index contributed by atoms with van der Waals surface area (Å²) in [5, 5.41) is 3.57. The Bertz CT molecular complexity index is 758. The zero-order valence-electron chi connectivity index (χ0n) is 12.8. The van der Waals surface area contributed by atoms with Gasteiger partial charge >= 0.3 is 0 Å². The third-order valence-corrected chi connectivity index (χ3v) is 4.10. The monoisotopic (exact) mass is 279 g/mol. The third-order valence-electron chi connectivity index (χ3n) is 4.10. The molecule has 0 bridgehead atoms. The molecule has 1 N–H and O–H groups in total. The molecule has 0 aliphatic rings. The van der Waals surface area contributed by atoms with Crippen molar-refractivity contribution < 1.29 is 0 Å². The Hall–Kier alpha value is -2.13. The van der Waals surface area contributed by atoms with Gasteiger partial charge in [0.25, 0.3) is 0 Å². The molecular weight excluding hydrogens is 258 g/mol. The Balaban J connectivity index is 1.77. The van der Waals surface area contributed by atoms with Gasteiger partial charge in [-0.05, 0) is 37.1 Å². The normalized spacial score (nSPS) is 12.7. The van der Waals surface area contributed by atoms with Crippen LogP contribution in [0.15, 0.2) is 48.5 Å². The number of fused-ring (bicyclic) bond motifs is 1. The van der Waals surface area contributed by atoms with Crippen LogP contribution in [-0.4, -0.2) is 9.55 Å². The summed E-state index contributed by atoms with van der Waals surface area (Å²) in [6.07, 6.45) is 0. The molecule has 1 heterocycles. The smallest absolute Gasteiger partial charge is 0.123 e. The van der Waals surface area contributed by atoms with E-state index in [0.29, 0.717) is 6.04 Å². The Morgan fingerprint density at radius 1 is 1.10 bits per heavy atom. The van der Waals surface area contributed by atoms with Gasteiger partial charge in [-0.3, -0.25) is 0 Å². The van der Waals surface area contributed by atoms with E-state index in [1.54, 1.807) is 0 Å². The fraction of sp³-hybridized carbons (Fsp3) is 0.278. The number of rotatable bonds is 4. The summed E-state index contributed by atoms with van der Waals surface area (Å²) in [6, 6.07) is 17.1. The molecule has 3 rings (SSSR count). The van der Waals surface area contributed by atoms with E-state index in [-0.39, 0.29) is 0 Å². The summed E-state index contributed by atoms with van der Waals surface area (Å²) in [4.78, 5) is 4.70. The van der Waals surface area contributed by atoms with E-state index in [9.17, 15) is 0 Å². The average molecular weight is 279 g/mol. The van der Waals surface area contributed by atoms with Crippen LogP contribution in [0.25, 0.3) is 11.0 Å². The summed E-state index contributed by atoms with van der Waals surface area (Å²) in [6.45, 7) is 5.12. The zero-order chi connectivity index (χ0) is 14.8. The number of nitrogens with zero attached hydrogens (tertiary/aromatic N) is 2. The molecule has 3 aromatic rings. The van der Waals surface area contributed by atoms with Crippen LogP contribution < -0.4 is 5.32 Å². The first-order chi connectivity index (χ1) is 10.2. The summed E-state index contributed by atoms with van der Waals surface area (Å²) >= 11 is 0. The first-order valence-electron chi connectivity index (χ1n) is 7.36. The lowest BCUT2D eigenvalue weighted by Crippen LogP contribution is -2.20. The number of hydrogen-bond acceptors (Lipinski definition) is 2. The van der Waals surface area contributed by atoms with Crippen molar-refractivity contribution in [3.63, 3.8) is 0 Å². The van der Waals surface area contributed by atoms with Gasteiger partial charge in [0.15, 0.2) is 0 Å². The SMILES string of the molecule is Cc1ccccc1C(C)NCc1nc2ccccc2n1C. The molecule has 0 fully saturated rings. The maximum Gasteiger partial charge on any atom is 0.123 e. The van der Waals surface area contributed by atoms with Gasteiger partial charge in [-0.2, -0.15) is 0 Å². The van der Waals surface area contributed by atoms with Crippen molar-refractivity contribution in [2.24, 2.45) is 7.05 Å². The van der Waals surface area contributed by atoms with E-state index >= 15 is 0 Å². The highest BCUT2D eigenvalue weighted by Crippen LogP contribution is 2.18. The molecule has 2 aromatic carbocycles. The molecule has 108 valence electrons. The van der Waals surface area contributed by atoms with Gasteiger partial charge in [0, 0.05) is 13.1 Å². The fourth-order valence-electron chi connectivity index (χ4n) is 2.78. The predicted octanol–water partition coefficient (Wildman–Crippen LogP) is 3.73. The van der Waals surface area contributed by atoms with Crippen LogP contribution in [0.4, 0.5) is 0 Å². The maximum atomic E-state index is 4.70. The van der Waals surface area contributed by atoms with Crippen molar-refractivity contribution in [2.75, 3.05) is 0 Å². The molecule has 0 amide bonds. The minimum atomic E-state index is 0.311. The molecule has 21 heavy (non-hydrogen) atoms. The Kier molecular flexibility index (Phi) is 3.76. The molecule has 1 atom stereocenters. The standard InChI is InChI=1S/C18H21N3/c1-13-8-4-5-9-15(13)14(2)19-12-18-20-16-10-6-7-11-17(16)21(18)3/h4-11,14,19H,12H2,1-3H3. The summed E-state index contributed by atoms with van der Waals surface area (Å²) in [7, 11) is 2.07. The van der Waals surface area contributed by atoms with Crippen LogP contribution in [0.1, 0.15) is 29.9 Å². The molecule has 3 heteroatoms. The average Bonchev–Trinajstić information content (AvgIpc) is 2.82. The number of benzene rings is 2. The van der Waals surface area contributed by atoms with Gasteiger partial charge in [-0.1, -0.05) is 36.4 Å². The number of imidazole rings is 1. The lowest BCUT2D eigenvalue weighted by molar-refractivity contribution is 0.549. The van der Waals surface area contributed by atoms with Crippen LogP contribution in [0, 0.1) is 6.92 Å². The van der Waals surface area contributed by atoms with Crippen molar-refractivity contribution in [3.8, 4) is 0 Å². The van der Waals surface area contributed by atoms with E-state index in [1.165, 1.54) is 16.6 Å². The first kappa shape index (κ1) is 13.8. The van der Waals surface area contributed by atoms with Gasteiger partial charge in [0.05, 0.1) is 17.6 Å². The van der Waals surface area contributed by atoms with Gasteiger partial charge in [-0.25, -0.2) is 4.98 Å². The molecule has 1 aromatic heterocycles. The van der Waals surface area contributed by atoms with E-state index in [1.807, 2.05) is 6.07 Å². The Morgan fingerprint density at radius 2 is 1.81 bits per heavy atom. The topological polar surface area (TPSA) is 29.9 Å². The molecule has 0 saturated carbocycles. The second-order valence-corrected chi connectivity index (χ2v) is 5.53. The van der Waals surface area contributed by atoms with Crippen molar-refractivity contribution in [3.05, 3.63) is 65.5 Å². The van der Waals surface area contributed by atoms with Gasteiger partial charge in [0.2, 0.25) is 0 Å². The van der Waals surface area contributed by atoms with E-state index < -0.39 is 0 Å². The van der Waals surface area contributed by atoms with Crippen LogP contribution in [0.5, 0.6) is 0 Å². The number of aromatic nitrogens is 2. The molecule has 0 radical (unpaired) electrons. The lowest BCUT2D eigenvalue weighted by Gasteiger charge is -2.16. The van der Waals surface area contributed by atoms with Gasteiger partial charge < -0.3 is 9.88 Å². The molecule has 0 spiro atoms. The number of aryl methyl sites for hydroxylation is 2. The highest BCUT2D eigenvalue weighted by molar-refractivity contribution is 5.75. The fourth-order valence-corrected chi connectivity index (χ4v) is 2.78. The number of hydrogen-bond donors (Lipinski definition) is 1. The highest BCUT2D eigenvalue weighted by Gasteiger charge is 2.10. The molecular formula is C18H21N3.